The smallest absolute Gasteiger partial charge is 0.261 e. The van der Waals surface area contributed by atoms with Crippen molar-refractivity contribution in [1.29, 1.82) is 0 Å². The molecule has 0 bridgehead atoms. The van der Waals surface area contributed by atoms with E-state index in [0.29, 0.717) is 18.5 Å². The Labute approximate surface area is 105 Å². The van der Waals surface area contributed by atoms with Gasteiger partial charge in [-0.15, -0.1) is 0 Å². The fourth-order valence-corrected chi connectivity index (χ4v) is 1.83. The first kappa shape index (κ1) is 12.7. The van der Waals surface area contributed by atoms with E-state index in [-0.39, 0.29) is 18.8 Å². The van der Waals surface area contributed by atoms with Crippen molar-refractivity contribution in [2.24, 2.45) is 0 Å². The van der Waals surface area contributed by atoms with Crippen molar-refractivity contribution in [3.05, 3.63) is 40.4 Å². The van der Waals surface area contributed by atoms with Crippen molar-refractivity contribution in [2.75, 3.05) is 19.8 Å². The van der Waals surface area contributed by atoms with Gasteiger partial charge in [-0.2, -0.15) is 0 Å². The standard InChI is InChI=1S/C13H16N2O3/c1-10-3-2-4-11-12(10)14-9-15(13(11)17)5-7-18-8-6-16/h2-4,9,16H,5-8H2,1H3. The Morgan fingerprint density at radius 1 is 1.39 bits per heavy atom. The number of ether oxygens (including phenoxy) is 1. The van der Waals surface area contributed by atoms with Gasteiger partial charge in [0.05, 0.1) is 43.6 Å². The van der Waals surface area contributed by atoms with E-state index in [2.05, 4.69) is 4.98 Å². The summed E-state index contributed by atoms with van der Waals surface area (Å²) in [5.41, 5.74) is 1.68. The van der Waals surface area contributed by atoms with Crippen LogP contribution in [0.5, 0.6) is 0 Å². The highest BCUT2D eigenvalue weighted by atomic mass is 16.5. The molecule has 96 valence electrons. The maximum atomic E-state index is 12.2. The molecule has 0 unspecified atom stereocenters. The number of hydrogen-bond donors (Lipinski definition) is 1. The molecule has 18 heavy (non-hydrogen) atoms. The van der Waals surface area contributed by atoms with Crippen LogP contribution in [-0.2, 0) is 11.3 Å². The average molecular weight is 248 g/mol. The van der Waals surface area contributed by atoms with Crippen LogP contribution in [0.15, 0.2) is 29.3 Å². The number of rotatable bonds is 5. The SMILES string of the molecule is Cc1cccc2c(=O)n(CCOCCO)cnc12. The van der Waals surface area contributed by atoms with Crippen LogP contribution >= 0.6 is 0 Å². The summed E-state index contributed by atoms with van der Waals surface area (Å²) in [4.78, 5) is 16.5. The highest BCUT2D eigenvalue weighted by Gasteiger charge is 2.05. The summed E-state index contributed by atoms with van der Waals surface area (Å²) >= 11 is 0. The van der Waals surface area contributed by atoms with Crippen LogP contribution in [0.25, 0.3) is 10.9 Å². The minimum Gasteiger partial charge on any atom is -0.394 e. The summed E-state index contributed by atoms with van der Waals surface area (Å²) in [6, 6.07) is 5.57. The Bertz CT molecular complexity index is 592. The first-order chi connectivity index (χ1) is 8.74. The molecule has 0 atom stereocenters. The highest BCUT2D eigenvalue weighted by molar-refractivity contribution is 5.80. The van der Waals surface area contributed by atoms with Gasteiger partial charge in [-0.1, -0.05) is 12.1 Å². The maximum absolute atomic E-state index is 12.2. The molecule has 0 saturated heterocycles. The largest absolute Gasteiger partial charge is 0.394 e. The lowest BCUT2D eigenvalue weighted by atomic mass is 10.1. The Hall–Kier alpha value is -1.72. The fraction of sp³-hybridized carbons (Fsp3) is 0.385. The molecular formula is C13H16N2O3. The number of aryl methyl sites for hydroxylation is 1. The molecule has 1 aromatic carbocycles. The quantitative estimate of drug-likeness (QED) is 0.792. The van der Waals surface area contributed by atoms with Crippen LogP contribution in [0.1, 0.15) is 5.56 Å². The minimum atomic E-state index is -0.0590. The molecule has 2 rings (SSSR count). The molecule has 5 heteroatoms. The number of aliphatic hydroxyl groups is 1. The summed E-state index contributed by atoms with van der Waals surface area (Å²) in [5, 5.41) is 9.21. The number of benzene rings is 1. The van der Waals surface area contributed by atoms with Gasteiger partial charge in [0.25, 0.3) is 5.56 Å². The van der Waals surface area contributed by atoms with Crippen molar-refractivity contribution in [3.8, 4) is 0 Å². The van der Waals surface area contributed by atoms with Gasteiger partial charge < -0.3 is 9.84 Å². The van der Waals surface area contributed by atoms with E-state index in [1.807, 2.05) is 19.1 Å². The van der Waals surface area contributed by atoms with Gasteiger partial charge in [-0.05, 0) is 18.6 Å². The monoisotopic (exact) mass is 248 g/mol. The van der Waals surface area contributed by atoms with Gasteiger partial charge in [0.15, 0.2) is 0 Å². The second-order valence-corrected chi connectivity index (χ2v) is 4.05. The Morgan fingerprint density at radius 3 is 3.00 bits per heavy atom. The van der Waals surface area contributed by atoms with Gasteiger partial charge in [0.1, 0.15) is 0 Å². The molecule has 1 heterocycles. The second kappa shape index (κ2) is 5.75. The zero-order valence-corrected chi connectivity index (χ0v) is 10.3. The molecule has 1 aromatic heterocycles. The van der Waals surface area contributed by atoms with E-state index in [1.165, 1.54) is 4.57 Å². The second-order valence-electron chi connectivity index (χ2n) is 4.05. The predicted octanol–water partition coefficient (Wildman–Crippen LogP) is 0.714. The number of aromatic nitrogens is 2. The van der Waals surface area contributed by atoms with E-state index < -0.39 is 0 Å². The molecule has 0 radical (unpaired) electrons. The molecule has 0 amide bonds. The molecule has 2 aromatic rings. The van der Waals surface area contributed by atoms with Gasteiger partial charge in [0.2, 0.25) is 0 Å². The molecular weight excluding hydrogens is 232 g/mol. The topological polar surface area (TPSA) is 64.3 Å². The van der Waals surface area contributed by atoms with Crippen LogP contribution in [0.2, 0.25) is 0 Å². The minimum absolute atomic E-state index is 0.00986. The van der Waals surface area contributed by atoms with Crippen molar-refractivity contribution in [2.45, 2.75) is 13.5 Å². The third kappa shape index (κ3) is 2.57. The molecule has 0 fully saturated rings. The third-order valence-electron chi connectivity index (χ3n) is 2.77. The molecule has 5 nitrogen and oxygen atoms in total. The summed E-state index contributed by atoms with van der Waals surface area (Å²) in [5.74, 6) is 0. The highest BCUT2D eigenvalue weighted by Crippen LogP contribution is 2.10. The lowest BCUT2D eigenvalue weighted by Crippen LogP contribution is -2.23. The van der Waals surface area contributed by atoms with Crippen LogP contribution in [0, 0.1) is 6.92 Å². The van der Waals surface area contributed by atoms with Crippen molar-refractivity contribution < 1.29 is 9.84 Å². The van der Waals surface area contributed by atoms with Gasteiger partial charge >= 0.3 is 0 Å². The number of fused-ring (bicyclic) bond motifs is 1. The molecule has 0 aliphatic heterocycles. The lowest BCUT2D eigenvalue weighted by Gasteiger charge is -2.07. The van der Waals surface area contributed by atoms with E-state index in [1.54, 1.807) is 12.4 Å². The normalized spacial score (nSPS) is 11.0. The van der Waals surface area contributed by atoms with E-state index in [0.717, 1.165) is 11.1 Å². The molecule has 0 aliphatic rings. The van der Waals surface area contributed by atoms with Crippen LogP contribution < -0.4 is 5.56 Å². The van der Waals surface area contributed by atoms with E-state index >= 15 is 0 Å². The Morgan fingerprint density at radius 2 is 2.22 bits per heavy atom. The van der Waals surface area contributed by atoms with E-state index in [9.17, 15) is 4.79 Å². The van der Waals surface area contributed by atoms with E-state index in [4.69, 9.17) is 9.84 Å². The van der Waals surface area contributed by atoms with Crippen molar-refractivity contribution >= 4 is 10.9 Å². The zero-order valence-electron chi connectivity index (χ0n) is 10.3. The summed E-state index contributed by atoms with van der Waals surface area (Å²) in [6.07, 6.45) is 1.54. The van der Waals surface area contributed by atoms with Crippen molar-refractivity contribution in [3.63, 3.8) is 0 Å². The van der Waals surface area contributed by atoms with Gasteiger partial charge in [0, 0.05) is 0 Å². The Balaban J connectivity index is 2.26. The average Bonchev–Trinajstić information content (AvgIpc) is 2.38. The van der Waals surface area contributed by atoms with Gasteiger partial charge in [-0.25, -0.2) is 4.98 Å². The summed E-state index contributed by atoms with van der Waals surface area (Å²) in [6.45, 7) is 3.04. The predicted molar refractivity (Wildman–Crippen MR) is 68.6 cm³/mol. The maximum Gasteiger partial charge on any atom is 0.261 e. The van der Waals surface area contributed by atoms with Crippen molar-refractivity contribution in [1.82, 2.24) is 9.55 Å². The number of hydrogen-bond acceptors (Lipinski definition) is 4. The first-order valence-electron chi connectivity index (χ1n) is 5.87. The van der Waals surface area contributed by atoms with Crippen LogP contribution in [0.3, 0.4) is 0 Å². The molecule has 1 N–H and O–H groups in total. The Kier molecular flexibility index (Phi) is 4.07. The molecule has 0 spiro atoms. The summed E-state index contributed by atoms with van der Waals surface area (Å²) in [7, 11) is 0. The third-order valence-corrected chi connectivity index (χ3v) is 2.77. The number of aliphatic hydroxyl groups excluding tert-OH is 1. The van der Waals surface area contributed by atoms with Gasteiger partial charge in [-0.3, -0.25) is 9.36 Å². The molecule has 0 saturated carbocycles. The molecule has 0 aliphatic carbocycles. The zero-order chi connectivity index (χ0) is 13.0. The summed E-state index contributed by atoms with van der Waals surface area (Å²) < 4.78 is 6.67. The fourth-order valence-electron chi connectivity index (χ4n) is 1.83. The first-order valence-corrected chi connectivity index (χ1v) is 5.87. The van der Waals surface area contributed by atoms with Crippen LogP contribution in [-0.4, -0.2) is 34.5 Å². The van der Waals surface area contributed by atoms with Crippen LogP contribution in [0.4, 0.5) is 0 Å². The number of para-hydroxylation sites is 1. The lowest BCUT2D eigenvalue weighted by molar-refractivity contribution is 0.0865. The number of nitrogens with zero attached hydrogens (tertiary/aromatic N) is 2.